The third-order valence-electron chi connectivity index (χ3n) is 15.0. The maximum absolute atomic E-state index is 4.01. The molecule has 0 amide bonds. The Balaban J connectivity index is 1.02. The van der Waals surface area contributed by atoms with E-state index in [2.05, 4.69) is 207 Å². The van der Waals surface area contributed by atoms with Crippen LogP contribution in [0.5, 0.6) is 0 Å². The molecular formula is C60H52N2. The maximum Gasteiger partial charge on any atom is 0.0541 e. The van der Waals surface area contributed by atoms with Crippen LogP contribution in [-0.2, 0) is 10.8 Å². The number of H-pyrrole nitrogens is 1. The van der Waals surface area contributed by atoms with Crippen molar-refractivity contribution in [2.24, 2.45) is 0 Å². The Morgan fingerprint density at radius 3 is 1.55 bits per heavy atom. The fraction of sp³-hybridized carbons (Fsp3) is 0.200. The van der Waals surface area contributed by atoms with E-state index in [9.17, 15) is 0 Å². The van der Waals surface area contributed by atoms with E-state index in [1.165, 1.54) is 138 Å². The van der Waals surface area contributed by atoms with Gasteiger partial charge < -0.3 is 9.88 Å². The molecule has 0 saturated heterocycles. The lowest BCUT2D eigenvalue weighted by molar-refractivity contribution is 0.446. The standard InChI is InChI=1S/C60H52N2/c1-59(2)52-25-15-13-22-45(52)47-33-31-42(35-54(47)59)62(43-32-34-48-46-23-14-16-26-53(46)60(3,4)55(48)36-43)41-29-27-38(28-30-41)50-37-51-56(39-17-7-5-8-18-39)57(40-19-9-6-10-20-40)61-58(51)49-24-12-11-21-44(49)50/h6,9-16,19-37,39,61H,5,7-8,17-18H2,1-4H3. The molecule has 302 valence electrons. The van der Waals surface area contributed by atoms with Crippen molar-refractivity contribution in [3.8, 4) is 44.6 Å². The van der Waals surface area contributed by atoms with E-state index in [4.69, 9.17) is 0 Å². The van der Waals surface area contributed by atoms with Gasteiger partial charge >= 0.3 is 0 Å². The Morgan fingerprint density at radius 2 is 0.935 bits per heavy atom. The van der Waals surface area contributed by atoms with Crippen LogP contribution in [0.15, 0.2) is 170 Å². The average molecular weight is 801 g/mol. The number of anilines is 3. The van der Waals surface area contributed by atoms with Gasteiger partial charge in [-0.05, 0) is 133 Å². The second kappa shape index (κ2) is 13.9. The zero-order valence-electron chi connectivity index (χ0n) is 36.2. The van der Waals surface area contributed by atoms with E-state index in [0.717, 1.165) is 5.69 Å². The van der Waals surface area contributed by atoms with Gasteiger partial charge in [-0.25, -0.2) is 0 Å². The summed E-state index contributed by atoms with van der Waals surface area (Å²) >= 11 is 0. The molecule has 2 heteroatoms. The molecule has 9 aromatic rings. The maximum atomic E-state index is 4.01. The van der Waals surface area contributed by atoms with Crippen molar-refractivity contribution in [1.82, 2.24) is 4.98 Å². The van der Waals surface area contributed by atoms with Gasteiger partial charge in [-0.2, -0.15) is 0 Å². The van der Waals surface area contributed by atoms with Gasteiger partial charge in [-0.15, -0.1) is 0 Å². The summed E-state index contributed by atoms with van der Waals surface area (Å²) in [6.07, 6.45) is 6.43. The summed E-state index contributed by atoms with van der Waals surface area (Å²) in [5.41, 5.74) is 22.1. The van der Waals surface area contributed by atoms with Gasteiger partial charge in [0.2, 0.25) is 0 Å². The molecule has 0 aliphatic heterocycles. The minimum atomic E-state index is -0.103. The Labute approximate surface area is 365 Å². The lowest BCUT2D eigenvalue weighted by Gasteiger charge is -2.30. The zero-order valence-corrected chi connectivity index (χ0v) is 36.2. The molecule has 1 N–H and O–H groups in total. The molecule has 0 bridgehead atoms. The summed E-state index contributed by atoms with van der Waals surface area (Å²) in [6.45, 7) is 9.52. The van der Waals surface area contributed by atoms with Gasteiger partial charge in [-0.1, -0.05) is 174 Å². The van der Waals surface area contributed by atoms with E-state index in [-0.39, 0.29) is 10.8 Å². The first kappa shape index (κ1) is 37.1. The molecule has 8 aromatic carbocycles. The van der Waals surface area contributed by atoms with Crippen molar-refractivity contribution in [2.75, 3.05) is 4.90 Å². The Kier molecular flexibility index (Phi) is 8.35. The number of hydrogen-bond acceptors (Lipinski definition) is 1. The first-order valence-corrected chi connectivity index (χ1v) is 22.8. The second-order valence-electron chi connectivity index (χ2n) is 19.2. The molecule has 3 aliphatic carbocycles. The molecule has 1 fully saturated rings. The highest BCUT2D eigenvalue weighted by molar-refractivity contribution is 6.15. The minimum absolute atomic E-state index is 0.103. The van der Waals surface area contributed by atoms with Crippen LogP contribution in [0, 0.1) is 0 Å². The SMILES string of the molecule is CC1(C)c2ccccc2-c2ccc(N(c3ccc(-c4cc5c(C6CCCCC6)c(-c6ccccc6)[nH]c5c5ccccc45)cc3)c3ccc4c(c3)C(C)(C)c3ccccc3-4)cc21. The summed E-state index contributed by atoms with van der Waals surface area (Å²) in [7, 11) is 0. The fourth-order valence-corrected chi connectivity index (χ4v) is 11.8. The lowest BCUT2D eigenvalue weighted by atomic mass is 9.81. The van der Waals surface area contributed by atoms with E-state index in [1.54, 1.807) is 0 Å². The van der Waals surface area contributed by atoms with Crippen LogP contribution in [0.4, 0.5) is 17.1 Å². The summed E-state index contributed by atoms with van der Waals surface area (Å²) in [5.74, 6) is 0.549. The second-order valence-corrected chi connectivity index (χ2v) is 19.2. The average Bonchev–Trinajstić information content (AvgIpc) is 3.90. The summed E-state index contributed by atoms with van der Waals surface area (Å²) < 4.78 is 0. The Bertz CT molecular complexity index is 3100. The van der Waals surface area contributed by atoms with Crippen molar-refractivity contribution in [3.05, 3.63) is 198 Å². The quantitative estimate of drug-likeness (QED) is 0.177. The van der Waals surface area contributed by atoms with Crippen molar-refractivity contribution >= 4 is 38.7 Å². The third kappa shape index (κ3) is 5.55. The zero-order chi connectivity index (χ0) is 41.7. The van der Waals surface area contributed by atoms with Crippen molar-refractivity contribution < 1.29 is 0 Å². The van der Waals surface area contributed by atoms with E-state index < -0.39 is 0 Å². The van der Waals surface area contributed by atoms with Gasteiger partial charge in [0.25, 0.3) is 0 Å². The van der Waals surface area contributed by atoms with E-state index in [1.807, 2.05) is 0 Å². The van der Waals surface area contributed by atoms with Gasteiger partial charge in [0.05, 0.1) is 5.52 Å². The molecule has 2 nitrogen and oxygen atoms in total. The molecule has 0 spiro atoms. The van der Waals surface area contributed by atoms with Crippen LogP contribution in [0.25, 0.3) is 66.3 Å². The number of nitrogens with one attached hydrogen (secondary N) is 1. The van der Waals surface area contributed by atoms with Crippen LogP contribution in [0.2, 0.25) is 0 Å². The number of hydrogen-bond donors (Lipinski definition) is 1. The molecule has 62 heavy (non-hydrogen) atoms. The van der Waals surface area contributed by atoms with E-state index in [0.29, 0.717) is 5.92 Å². The topological polar surface area (TPSA) is 19.0 Å². The predicted molar refractivity (Wildman–Crippen MR) is 262 cm³/mol. The number of benzene rings is 8. The van der Waals surface area contributed by atoms with Crippen molar-refractivity contribution in [2.45, 2.75) is 76.5 Å². The Morgan fingerprint density at radius 1 is 0.419 bits per heavy atom. The molecule has 1 heterocycles. The highest BCUT2D eigenvalue weighted by atomic mass is 15.1. The van der Waals surface area contributed by atoms with Crippen molar-refractivity contribution in [1.29, 1.82) is 0 Å². The Hall–Kier alpha value is -6.64. The first-order valence-electron chi connectivity index (χ1n) is 22.8. The van der Waals surface area contributed by atoms with Crippen LogP contribution >= 0.6 is 0 Å². The summed E-state index contributed by atoms with van der Waals surface area (Å²) in [5, 5.41) is 3.94. The molecule has 3 aliphatic rings. The van der Waals surface area contributed by atoms with Crippen LogP contribution in [0.1, 0.15) is 93.5 Å². The largest absolute Gasteiger partial charge is 0.354 e. The monoisotopic (exact) mass is 800 g/mol. The minimum Gasteiger partial charge on any atom is -0.354 e. The van der Waals surface area contributed by atoms with Gasteiger partial charge in [-0.3, -0.25) is 0 Å². The summed E-state index contributed by atoms with van der Waals surface area (Å²) in [6, 6.07) is 64.2. The van der Waals surface area contributed by atoms with Crippen LogP contribution in [0.3, 0.4) is 0 Å². The molecule has 0 radical (unpaired) electrons. The van der Waals surface area contributed by atoms with Gasteiger partial charge in [0.1, 0.15) is 0 Å². The molecule has 12 rings (SSSR count). The lowest BCUT2D eigenvalue weighted by Crippen LogP contribution is -2.18. The number of fused-ring (bicyclic) bond motifs is 9. The summed E-state index contributed by atoms with van der Waals surface area (Å²) in [4.78, 5) is 6.50. The number of nitrogens with zero attached hydrogens (tertiary/aromatic N) is 1. The first-order chi connectivity index (χ1) is 30.3. The normalized spacial score (nSPS) is 15.9. The van der Waals surface area contributed by atoms with E-state index >= 15 is 0 Å². The third-order valence-corrected chi connectivity index (χ3v) is 15.0. The molecular weight excluding hydrogens is 749 g/mol. The predicted octanol–water partition coefficient (Wildman–Crippen LogP) is 16.8. The van der Waals surface area contributed by atoms with Gasteiger partial charge in [0, 0.05) is 44.4 Å². The number of aromatic nitrogens is 1. The van der Waals surface area contributed by atoms with Crippen molar-refractivity contribution in [3.63, 3.8) is 0 Å². The number of rotatable bonds is 6. The highest BCUT2D eigenvalue weighted by Crippen LogP contribution is 2.53. The highest BCUT2D eigenvalue weighted by Gasteiger charge is 2.38. The smallest absolute Gasteiger partial charge is 0.0541 e. The molecule has 1 saturated carbocycles. The fourth-order valence-electron chi connectivity index (χ4n) is 11.8. The molecule has 0 atom stereocenters. The van der Waals surface area contributed by atoms with Crippen LogP contribution < -0.4 is 4.90 Å². The molecule has 0 unspecified atom stereocenters. The van der Waals surface area contributed by atoms with Crippen LogP contribution in [-0.4, -0.2) is 4.98 Å². The molecule has 1 aromatic heterocycles. The van der Waals surface area contributed by atoms with Gasteiger partial charge in [0.15, 0.2) is 0 Å². The number of aromatic amines is 1.